The third-order valence-corrected chi connectivity index (χ3v) is 19.0. The zero-order valence-corrected chi connectivity index (χ0v) is 62.5. The first kappa shape index (κ1) is 91.1. The summed E-state index contributed by atoms with van der Waals surface area (Å²) in [7, 11) is -9.91. The fraction of sp³-hybridized carbons (Fsp3) is 0.946. The van der Waals surface area contributed by atoms with Gasteiger partial charge in [0, 0.05) is 25.7 Å². The lowest BCUT2D eigenvalue weighted by atomic mass is 10.0. The molecule has 0 aromatic rings. The van der Waals surface area contributed by atoms with Crippen molar-refractivity contribution in [1.29, 1.82) is 0 Å². The maximum absolute atomic E-state index is 13.1. The van der Waals surface area contributed by atoms with Gasteiger partial charge in [-0.25, -0.2) is 9.13 Å². The van der Waals surface area contributed by atoms with Crippen molar-refractivity contribution in [3.05, 3.63) is 0 Å². The zero-order valence-electron chi connectivity index (χ0n) is 60.7. The van der Waals surface area contributed by atoms with Crippen molar-refractivity contribution in [2.45, 2.75) is 394 Å². The molecule has 0 aromatic heterocycles. The lowest BCUT2D eigenvalue weighted by molar-refractivity contribution is -0.161. The van der Waals surface area contributed by atoms with E-state index in [-0.39, 0.29) is 25.7 Å². The number of rotatable bonds is 72. The van der Waals surface area contributed by atoms with Gasteiger partial charge in [-0.1, -0.05) is 325 Å². The summed E-state index contributed by atoms with van der Waals surface area (Å²) in [5.74, 6) is 0.0804. The van der Waals surface area contributed by atoms with Gasteiger partial charge < -0.3 is 33.8 Å². The van der Waals surface area contributed by atoms with Crippen molar-refractivity contribution in [3.63, 3.8) is 0 Å². The van der Waals surface area contributed by atoms with E-state index in [2.05, 4.69) is 48.5 Å². The van der Waals surface area contributed by atoms with Gasteiger partial charge in [0.05, 0.1) is 26.4 Å². The first-order chi connectivity index (χ1) is 44.7. The number of hydrogen-bond donors (Lipinski definition) is 3. The molecule has 0 spiro atoms. The highest BCUT2D eigenvalue weighted by atomic mass is 31.2. The van der Waals surface area contributed by atoms with Crippen LogP contribution < -0.4 is 0 Å². The van der Waals surface area contributed by atoms with Crippen LogP contribution in [0.4, 0.5) is 0 Å². The smallest absolute Gasteiger partial charge is 0.462 e. The number of phosphoric ester groups is 2. The van der Waals surface area contributed by atoms with Gasteiger partial charge in [0.2, 0.25) is 0 Å². The van der Waals surface area contributed by atoms with Gasteiger partial charge in [-0.3, -0.25) is 37.3 Å². The fourth-order valence-corrected chi connectivity index (χ4v) is 12.8. The van der Waals surface area contributed by atoms with Crippen molar-refractivity contribution in [2.24, 2.45) is 17.8 Å². The highest BCUT2D eigenvalue weighted by molar-refractivity contribution is 7.47. The summed E-state index contributed by atoms with van der Waals surface area (Å²) < 4.78 is 68.4. The van der Waals surface area contributed by atoms with E-state index < -0.39 is 97.5 Å². The van der Waals surface area contributed by atoms with E-state index in [9.17, 15) is 43.2 Å². The van der Waals surface area contributed by atoms with Crippen molar-refractivity contribution < 1.29 is 80.2 Å². The molecule has 0 radical (unpaired) electrons. The molecule has 0 aliphatic rings. The summed E-state index contributed by atoms with van der Waals surface area (Å²) in [6, 6.07) is 0. The number of esters is 4. The van der Waals surface area contributed by atoms with Gasteiger partial charge in [-0.2, -0.15) is 0 Å². The van der Waals surface area contributed by atoms with E-state index in [1.165, 1.54) is 180 Å². The van der Waals surface area contributed by atoms with Crippen molar-refractivity contribution >= 4 is 39.5 Å². The van der Waals surface area contributed by atoms with Crippen LogP contribution in [0.2, 0.25) is 0 Å². The number of carbonyl (C=O) groups excluding carboxylic acids is 4. The van der Waals surface area contributed by atoms with Gasteiger partial charge >= 0.3 is 39.5 Å². The van der Waals surface area contributed by atoms with E-state index in [1.807, 2.05) is 0 Å². The topological polar surface area (TPSA) is 237 Å². The first-order valence-corrected chi connectivity index (χ1v) is 41.3. The molecule has 0 rings (SSSR count). The van der Waals surface area contributed by atoms with E-state index in [0.717, 1.165) is 108 Å². The van der Waals surface area contributed by atoms with Crippen LogP contribution in [-0.2, 0) is 65.4 Å². The van der Waals surface area contributed by atoms with Crippen molar-refractivity contribution in [1.82, 2.24) is 0 Å². The Labute approximate surface area is 568 Å². The summed E-state index contributed by atoms with van der Waals surface area (Å²) >= 11 is 0. The first-order valence-electron chi connectivity index (χ1n) is 38.3. The van der Waals surface area contributed by atoms with E-state index in [1.54, 1.807) is 0 Å². The van der Waals surface area contributed by atoms with Gasteiger partial charge in [0.1, 0.15) is 19.3 Å². The van der Waals surface area contributed by atoms with Crippen LogP contribution in [-0.4, -0.2) is 96.7 Å². The van der Waals surface area contributed by atoms with Crippen LogP contribution in [0.25, 0.3) is 0 Å². The second kappa shape index (κ2) is 64.7. The molecule has 0 saturated carbocycles. The van der Waals surface area contributed by atoms with E-state index in [4.69, 9.17) is 37.0 Å². The molecule has 17 nitrogen and oxygen atoms in total. The minimum absolute atomic E-state index is 0.105. The largest absolute Gasteiger partial charge is 0.472 e. The number of aliphatic hydroxyl groups is 1. The molecule has 0 bridgehead atoms. The Morgan fingerprint density at radius 3 is 0.731 bits per heavy atom. The van der Waals surface area contributed by atoms with Crippen LogP contribution >= 0.6 is 15.6 Å². The number of unbranched alkanes of at least 4 members (excludes halogenated alkanes) is 40. The molecule has 0 aliphatic heterocycles. The molecular weight excluding hydrogens is 1220 g/mol. The summed E-state index contributed by atoms with van der Waals surface area (Å²) in [6.45, 7) is 11.8. The Morgan fingerprint density at radius 1 is 0.290 bits per heavy atom. The number of phosphoric acid groups is 2. The average molecular weight is 1370 g/mol. The predicted octanol–water partition coefficient (Wildman–Crippen LogP) is 21.4. The Bertz CT molecular complexity index is 1820. The maximum atomic E-state index is 13.1. The molecule has 3 N–H and O–H groups in total. The molecule has 2 unspecified atom stereocenters. The monoisotopic (exact) mass is 1370 g/mol. The van der Waals surface area contributed by atoms with Crippen LogP contribution in [0, 0.1) is 17.8 Å². The zero-order chi connectivity index (χ0) is 68.7. The Hall–Kier alpha value is -1.94. The molecule has 0 amide bonds. The molecular formula is C74H144O17P2. The molecule has 93 heavy (non-hydrogen) atoms. The SMILES string of the molecule is CCCCCCCCCCCCCCCCCCCC(=O)O[C@H](COC(=O)CCCCCCCCCCCCCC(C)C)COP(=O)(O)OC[C@@H](O)COP(=O)(O)OC[C@@H](COC(=O)CCCCCCCCC(C)C)OC(=O)CCCCCCCCCCCCC(C)C. The lowest BCUT2D eigenvalue weighted by Gasteiger charge is -2.21. The molecule has 0 saturated heterocycles. The second-order valence-electron chi connectivity index (χ2n) is 28.1. The third kappa shape index (κ3) is 68.4. The quantitative estimate of drug-likeness (QED) is 0.0222. The standard InChI is InChI=1S/C74H144O17P2/c1-8-9-10-11-12-13-14-15-16-17-18-19-22-29-34-43-50-57-73(78)90-69(61-84-71(76)55-48-41-33-28-23-20-21-26-31-38-45-52-65(2)3)63-88-92(80,81)86-59-68(75)60-87-93(82,83)89-64-70(62-85-72(77)56-49-42-37-36-40-47-54-67(6)7)91-74(79)58-51-44-35-30-25-24-27-32-39-46-53-66(4)5/h65-70,75H,8-64H2,1-7H3,(H,80,81)(H,82,83)/t68-,69-,70-/m1/s1. The minimum atomic E-state index is -4.96. The molecule has 5 atom stereocenters. The van der Waals surface area contributed by atoms with E-state index >= 15 is 0 Å². The normalized spacial score (nSPS) is 14.1. The summed E-state index contributed by atoms with van der Waals surface area (Å²) in [5, 5.41) is 10.6. The highest BCUT2D eigenvalue weighted by Gasteiger charge is 2.30. The van der Waals surface area contributed by atoms with Crippen molar-refractivity contribution in [3.8, 4) is 0 Å². The maximum Gasteiger partial charge on any atom is 0.472 e. The molecule has 0 aliphatic carbocycles. The Morgan fingerprint density at radius 2 is 0.495 bits per heavy atom. The fourth-order valence-electron chi connectivity index (χ4n) is 11.2. The number of carbonyl (C=O) groups is 4. The van der Waals surface area contributed by atoms with Gasteiger partial charge in [-0.15, -0.1) is 0 Å². The van der Waals surface area contributed by atoms with Crippen LogP contribution in [0.15, 0.2) is 0 Å². The molecule has 0 aromatic carbocycles. The lowest BCUT2D eigenvalue weighted by Crippen LogP contribution is -2.30. The van der Waals surface area contributed by atoms with E-state index in [0.29, 0.717) is 31.6 Å². The summed E-state index contributed by atoms with van der Waals surface area (Å²) in [5.41, 5.74) is 0. The second-order valence-corrected chi connectivity index (χ2v) is 31.0. The van der Waals surface area contributed by atoms with Gasteiger partial charge in [0.15, 0.2) is 12.2 Å². The Kier molecular flexibility index (Phi) is 63.4. The van der Waals surface area contributed by atoms with Crippen LogP contribution in [0.1, 0.15) is 376 Å². The molecule has 552 valence electrons. The third-order valence-electron chi connectivity index (χ3n) is 17.1. The summed E-state index contributed by atoms with van der Waals surface area (Å²) in [6.07, 6.45) is 50.1. The molecule has 0 fully saturated rings. The summed E-state index contributed by atoms with van der Waals surface area (Å²) in [4.78, 5) is 72.7. The van der Waals surface area contributed by atoms with Gasteiger partial charge in [-0.05, 0) is 43.4 Å². The average Bonchev–Trinajstić information content (AvgIpc) is 3.41. The van der Waals surface area contributed by atoms with Crippen LogP contribution in [0.5, 0.6) is 0 Å². The van der Waals surface area contributed by atoms with Gasteiger partial charge in [0.25, 0.3) is 0 Å². The predicted molar refractivity (Wildman–Crippen MR) is 377 cm³/mol. The van der Waals surface area contributed by atoms with Crippen LogP contribution in [0.3, 0.4) is 0 Å². The van der Waals surface area contributed by atoms with Crippen molar-refractivity contribution in [2.75, 3.05) is 39.6 Å². The number of hydrogen-bond acceptors (Lipinski definition) is 15. The molecule has 0 heterocycles. The molecule has 19 heteroatoms. The number of aliphatic hydroxyl groups excluding tert-OH is 1. The minimum Gasteiger partial charge on any atom is -0.462 e. The Balaban J connectivity index is 5.24. The highest BCUT2D eigenvalue weighted by Crippen LogP contribution is 2.45. The number of ether oxygens (including phenoxy) is 4.